The Morgan fingerprint density at radius 3 is 2.56 bits per heavy atom. The van der Waals surface area contributed by atoms with Gasteiger partial charge >= 0.3 is 6.61 Å². The van der Waals surface area contributed by atoms with E-state index in [0.717, 1.165) is 22.9 Å². The summed E-state index contributed by atoms with van der Waals surface area (Å²) in [5.74, 6) is -0.686. The normalized spacial score (nSPS) is 11.1. The van der Waals surface area contributed by atoms with Crippen LogP contribution in [0.3, 0.4) is 0 Å². The molecule has 0 radical (unpaired) electrons. The van der Waals surface area contributed by atoms with Gasteiger partial charge in [0.2, 0.25) is 5.91 Å². The molecule has 1 N–H and O–H groups in total. The minimum Gasteiger partial charge on any atom is -0.433 e. The Morgan fingerprint density at radius 1 is 1.06 bits per heavy atom. The molecule has 0 aliphatic rings. The molecule has 0 aliphatic carbocycles. The van der Waals surface area contributed by atoms with Crippen LogP contribution >= 0.6 is 11.8 Å². The number of benzene rings is 3. The molecule has 0 bridgehead atoms. The molecule has 0 fully saturated rings. The van der Waals surface area contributed by atoms with Crippen LogP contribution in [0.4, 0.5) is 14.5 Å². The quantitative estimate of drug-likeness (QED) is 0.285. The Balaban J connectivity index is 1.65. The number of hydrogen-bond acceptors (Lipinski definition) is 5. The molecule has 1 aromatic heterocycles. The van der Waals surface area contributed by atoms with E-state index in [0.29, 0.717) is 21.7 Å². The van der Waals surface area contributed by atoms with E-state index in [1.165, 1.54) is 22.8 Å². The number of carbonyl (C=O) groups is 1. The number of alkyl halides is 2. The highest BCUT2D eigenvalue weighted by Crippen LogP contribution is 2.27. The van der Waals surface area contributed by atoms with Crippen molar-refractivity contribution in [3.63, 3.8) is 0 Å². The van der Waals surface area contributed by atoms with Gasteiger partial charge in [-0.15, -0.1) is 0 Å². The molecule has 0 unspecified atom stereocenters. The van der Waals surface area contributed by atoms with E-state index in [1.807, 2.05) is 32.0 Å². The van der Waals surface area contributed by atoms with Crippen LogP contribution in [0.5, 0.6) is 5.75 Å². The van der Waals surface area contributed by atoms with Gasteiger partial charge in [0.1, 0.15) is 5.75 Å². The van der Waals surface area contributed by atoms with Crippen LogP contribution in [0.25, 0.3) is 16.6 Å². The van der Waals surface area contributed by atoms with E-state index in [-0.39, 0.29) is 22.7 Å². The van der Waals surface area contributed by atoms with Crippen molar-refractivity contribution in [1.29, 1.82) is 0 Å². The third-order valence-corrected chi connectivity index (χ3v) is 6.14. The summed E-state index contributed by atoms with van der Waals surface area (Å²) in [5.41, 5.74) is 3.15. The molecule has 0 spiro atoms. The van der Waals surface area contributed by atoms with Gasteiger partial charge in [-0.1, -0.05) is 42.1 Å². The number of para-hydroxylation sites is 3. The summed E-state index contributed by atoms with van der Waals surface area (Å²) in [4.78, 5) is 30.6. The number of fused-ring (bicyclic) bond motifs is 1. The molecule has 4 aromatic rings. The summed E-state index contributed by atoms with van der Waals surface area (Å²) in [5, 5.41) is 3.39. The predicted octanol–water partition coefficient (Wildman–Crippen LogP) is 5.33. The molecule has 0 saturated carbocycles. The Kier molecular flexibility index (Phi) is 6.93. The molecular formula is C25H21F2N3O3S. The molecule has 34 heavy (non-hydrogen) atoms. The maximum Gasteiger partial charge on any atom is 0.387 e. The Bertz CT molecular complexity index is 1420. The van der Waals surface area contributed by atoms with Crippen molar-refractivity contribution in [2.24, 2.45) is 0 Å². The Morgan fingerprint density at radius 2 is 1.79 bits per heavy atom. The van der Waals surface area contributed by atoms with Crippen molar-refractivity contribution in [2.45, 2.75) is 25.6 Å². The van der Waals surface area contributed by atoms with E-state index in [9.17, 15) is 18.4 Å². The zero-order chi connectivity index (χ0) is 24.2. The highest BCUT2D eigenvalue weighted by atomic mass is 32.2. The van der Waals surface area contributed by atoms with Gasteiger partial charge in [0, 0.05) is 0 Å². The Hall–Kier alpha value is -3.72. The number of aromatic nitrogens is 2. The number of aryl methyl sites for hydroxylation is 2. The van der Waals surface area contributed by atoms with E-state index in [4.69, 9.17) is 0 Å². The fraction of sp³-hybridized carbons (Fsp3) is 0.160. The van der Waals surface area contributed by atoms with Crippen molar-refractivity contribution in [2.75, 3.05) is 11.1 Å². The van der Waals surface area contributed by atoms with Crippen molar-refractivity contribution >= 4 is 34.3 Å². The maximum absolute atomic E-state index is 13.4. The van der Waals surface area contributed by atoms with E-state index in [2.05, 4.69) is 15.0 Å². The molecule has 0 saturated heterocycles. The van der Waals surface area contributed by atoms with Crippen molar-refractivity contribution in [1.82, 2.24) is 9.55 Å². The summed E-state index contributed by atoms with van der Waals surface area (Å²) < 4.78 is 31.2. The van der Waals surface area contributed by atoms with E-state index in [1.54, 1.807) is 30.3 Å². The molecule has 4 rings (SSSR count). The van der Waals surface area contributed by atoms with Crippen molar-refractivity contribution in [3.8, 4) is 11.4 Å². The minimum atomic E-state index is -3.01. The van der Waals surface area contributed by atoms with Crippen molar-refractivity contribution in [3.05, 3.63) is 88.2 Å². The fourth-order valence-electron chi connectivity index (χ4n) is 3.39. The first-order chi connectivity index (χ1) is 16.3. The highest BCUT2D eigenvalue weighted by Gasteiger charge is 2.16. The second-order valence-corrected chi connectivity index (χ2v) is 8.47. The molecule has 1 amide bonds. The maximum atomic E-state index is 13.4. The van der Waals surface area contributed by atoms with Gasteiger partial charge in [0.15, 0.2) is 5.16 Å². The molecule has 174 valence electrons. The van der Waals surface area contributed by atoms with Gasteiger partial charge in [-0.25, -0.2) is 4.98 Å². The van der Waals surface area contributed by atoms with Crippen LogP contribution in [0.15, 0.2) is 76.7 Å². The first-order valence-electron chi connectivity index (χ1n) is 10.4. The monoisotopic (exact) mass is 481 g/mol. The van der Waals surface area contributed by atoms with E-state index >= 15 is 0 Å². The van der Waals surface area contributed by atoms with Gasteiger partial charge in [-0.2, -0.15) is 8.78 Å². The van der Waals surface area contributed by atoms with Gasteiger partial charge < -0.3 is 10.1 Å². The number of nitrogens with zero attached hydrogens (tertiary/aromatic N) is 2. The molecule has 3 aromatic carbocycles. The summed E-state index contributed by atoms with van der Waals surface area (Å²) >= 11 is 1.08. The summed E-state index contributed by atoms with van der Waals surface area (Å²) in [6, 6.07) is 18.6. The SMILES string of the molecule is Cc1ccc(-n2c(SCC(=O)Nc3ccccc3OC(F)F)nc3ccccc3c2=O)cc1C. The van der Waals surface area contributed by atoms with Crippen LogP contribution in [0.2, 0.25) is 0 Å². The number of ether oxygens (including phenoxy) is 1. The van der Waals surface area contributed by atoms with Crippen LogP contribution in [-0.2, 0) is 4.79 Å². The molecule has 0 atom stereocenters. The average molecular weight is 482 g/mol. The van der Waals surface area contributed by atoms with Gasteiger partial charge in [-0.05, 0) is 61.4 Å². The lowest BCUT2D eigenvalue weighted by molar-refractivity contribution is -0.113. The third kappa shape index (κ3) is 5.09. The number of hydrogen-bond donors (Lipinski definition) is 1. The van der Waals surface area contributed by atoms with Crippen LogP contribution < -0.4 is 15.6 Å². The predicted molar refractivity (Wildman–Crippen MR) is 129 cm³/mol. The number of carbonyl (C=O) groups excluding carboxylic acids is 1. The lowest BCUT2D eigenvalue weighted by Crippen LogP contribution is -2.23. The van der Waals surface area contributed by atoms with Crippen LogP contribution in [-0.4, -0.2) is 27.8 Å². The molecule has 0 aliphatic heterocycles. The molecular weight excluding hydrogens is 460 g/mol. The smallest absolute Gasteiger partial charge is 0.387 e. The topological polar surface area (TPSA) is 73.2 Å². The highest BCUT2D eigenvalue weighted by molar-refractivity contribution is 7.99. The van der Waals surface area contributed by atoms with E-state index < -0.39 is 12.5 Å². The summed E-state index contributed by atoms with van der Waals surface area (Å²) in [7, 11) is 0. The Labute approximate surface area is 198 Å². The zero-order valence-electron chi connectivity index (χ0n) is 18.4. The first-order valence-corrected chi connectivity index (χ1v) is 11.4. The number of nitrogens with one attached hydrogen (secondary N) is 1. The zero-order valence-corrected chi connectivity index (χ0v) is 19.2. The summed E-state index contributed by atoms with van der Waals surface area (Å²) in [6.07, 6.45) is 0. The molecule has 1 heterocycles. The lowest BCUT2D eigenvalue weighted by atomic mass is 10.1. The first kappa shape index (κ1) is 23.4. The number of anilines is 1. The van der Waals surface area contributed by atoms with Gasteiger partial charge in [0.05, 0.1) is 28.0 Å². The second kappa shape index (κ2) is 10.0. The van der Waals surface area contributed by atoms with Gasteiger partial charge in [-0.3, -0.25) is 14.2 Å². The summed E-state index contributed by atoms with van der Waals surface area (Å²) in [6.45, 7) is 0.926. The average Bonchev–Trinajstić information content (AvgIpc) is 2.81. The number of rotatable bonds is 7. The van der Waals surface area contributed by atoms with Crippen LogP contribution in [0.1, 0.15) is 11.1 Å². The lowest BCUT2D eigenvalue weighted by Gasteiger charge is -2.15. The number of thioether (sulfide) groups is 1. The standard InChI is InChI=1S/C25H21F2N3O3S/c1-15-11-12-17(13-16(15)2)30-23(32)18-7-3-4-8-19(18)29-25(30)34-14-22(31)28-20-9-5-6-10-21(20)33-24(26)27/h3-13,24H,14H2,1-2H3,(H,28,31). The largest absolute Gasteiger partial charge is 0.433 e. The second-order valence-electron chi connectivity index (χ2n) is 7.53. The van der Waals surface area contributed by atoms with Crippen LogP contribution in [0, 0.1) is 13.8 Å². The number of halogens is 2. The third-order valence-electron chi connectivity index (χ3n) is 5.20. The molecule has 6 nitrogen and oxygen atoms in total. The fourth-order valence-corrected chi connectivity index (χ4v) is 4.20. The van der Waals surface area contributed by atoms with Crippen molar-refractivity contribution < 1.29 is 18.3 Å². The molecule has 9 heteroatoms. The minimum absolute atomic E-state index is 0.0986. The van der Waals surface area contributed by atoms with Gasteiger partial charge in [0.25, 0.3) is 5.56 Å². The number of amides is 1.